The number of benzene rings is 2. The van der Waals surface area contributed by atoms with Gasteiger partial charge in [0.1, 0.15) is 5.75 Å². The van der Waals surface area contributed by atoms with Crippen LogP contribution in [0.25, 0.3) is 5.69 Å². The highest BCUT2D eigenvalue weighted by Gasteiger charge is 2.10. The summed E-state index contributed by atoms with van der Waals surface area (Å²) in [5.41, 5.74) is 4.34. The Labute approximate surface area is 172 Å². The molecular weight excluding hydrogens is 364 g/mol. The summed E-state index contributed by atoms with van der Waals surface area (Å²) >= 11 is 0. The minimum absolute atomic E-state index is 0.0717. The molecule has 1 aromatic heterocycles. The molecular formula is C23H28N4O2. The van der Waals surface area contributed by atoms with Crippen LogP contribution >= 0.6 is 0 Å². The summed E-state index contributed by atoms with van der Waals surface area (Å²) < 4.78 is 7.07. The Hall–Kier alpha value is -3.28. The van der Waals surface area contributed by atoms with Crippen molar-refractivity contribution >= 4 is 6.03 Å². The minimum Gasteiger partial charge on any atom is -0.497 e. The molecule has 2 aromatic carbocycles. The van der Waals surface area contributed by atoms with Crippen molar-refractivity contribution in [3.05, 3.63) is 77.6 Å². The van der Waals surface area contributed by atoms with Crippen LogP contribution in [-0.4, -0.2) is 41.4 Å². The van der Waals surface area contributed by atoms with Crippen molar-refractivity contribution in [3.63, 3.8) is 0 Å². The van der Waals surface area contributed by atoms with E-state index in [2.05, 4.69) is 16.6 Å². The topological polar surface area (TPSA) is 59.4 Å². The lowest BCUT2D eigenvalue weighted by atomic mass is 10.1. The number of hydrogen-bond acceptors (Lipinski definition) is 3. The lowest BCUT2D eigenvalue weighted by molar-refractivity contribution is 0.207. The molecule has 6 heteroatoms. The number of carbonyl (C=O) groups excluding carboxylic acids is 1. The molecule has 1 heterocycles. The van der Waals surface area contributed by atoms with E-state index in [9.17, 15) is 4.79 Å². The summed E-state index contributed by atoms with van der Waals surface area (Å²) in [7, 11) is 3.44. The number of ether oxygens (including phenoxy) is 1. The van der Waals surface area contributed by atoms with Gasteiger partial charge in [0.15, 0.2) is 0 Å². The molecule has 0 bridgehead atoms. The number of methoxy groups -OCH3 is 1. The zero-order chi connectivity index (χ0) is 20.6. The SMILES string of the molecule is COc1ccc(CN(C)C(=O)NCCCc2cn(-c3ccccc3)nc2C)cc1. The highest BCUT2D eigenvalue weighted by molar-refractivity contribution is 5.73. The second kappa shape index (κ2) is 9.78. The number of urea groups is 1. The van der Waals surface area contributed by atoms with Crippen LogP contribution in [0.5, 0.6) is 5.75 Å². The molecule has 29 heavy (non-hydrogen) atoms. The van der Waals surface area contributed by atoms with Gasteiger partial charge in [0.2, 0.25) is 0 Å². The molecule has 152 valence electrons. The van der Waals surface area contributed by atoms with Gasteiger partial charge in [-0.1, -0.05) is 30.3 Å². The van der Waals surface area contributed by atoms with Crippen LogP contribution in [0.3, 0.4) is 0 Å². The average molecular weight is 393 g/mol. The van der Waals surface area contributed by atoms with Gasteiger partial charge >= 0.3 is 6.03 Å². The Morgan fingerprint density at radius 3 is 2.55 bits per heavy atom. The van der Waals surface area contributed by atoms with Gasteiger partial charge in [-0.2, -0.15) is 5.10 Å². The van der Waals surface area contributed by atoms with Crippen LogP contribution in [0.4, 0.5) is 4.79 Å². The minimum atomic E-state index is -0.0717. The maximum atomic E-state index is 12.3. The molecule has 2 amide bonds. The summed E-state index contributed by atoms with van der Waals surface area (Å²) in [6.45, 7) is 3.20. The summed E-state index contributed by atoms with van der Waals surface area (Å²) in [4.78, 5) is 14.0. The first-order valence-electron chi connectivity index (χ1n) is 9.79. The first-order chi connectivity index (χ1) is 14.1. The van der Waals surface area contributed by atoms with Gasteiger partial charge in [0.05, 0.1) is 18.5 Å². The number of hydrogen-bond donors (Lipinski definition) is 1. The molecule has 0 saturated carbocycles. The number of aromatic nitrogens is 2. The van der Waals surface area contributed by atoms with Crippen molar-refractivity contribution in [3.8, 4) is 11.4 Å². The van der Waals surface area contributed by atoms with E-state index < -0.39 is 0 Å². The predicted octanol–water partition coefficient (Wildman–Crippen LogP) is 3.96. The van der Waals surface area contributed by atoms with E-state index in [1.807, 2.05) is 66.2 Å². The predicted molar refractivity (Wildman–Crippen MR) is 114 cm³/mol. The largest absolute Gasteiger partial charge is 0.497 e. The number of amides is 2. The standard InChI is InChI=1S/C23H28N4O2/c1-18-20(17-27(25-18)21-9-5-4-6-10-21)8-7-15-24-23(28)26(2)16-19-11-13-22(29-3)14-12-19/h4-6,9-14,17H,7-8,15-16H2,1-3H3,(H,24,28). The Morgan fingerprint density at radius 2 is 1.86 bits per heavy atom. The van der Waals surface area contributed by atoms with Gasteiger partial charge < -0.3 is 15.0 Å². The van der Waals surface area contributed by atoms with Crippen LogP contribution in [0, 0.1) is 6.92 Å². The highest BCUT2D eigenvalue weighted by Crippen LogP contribution is 2.14. The summed E-state index contributed by atoms with van der Waals surface area (Å²) in [5, 5.41) is 7.58. The van der Waals surface area contributed by atoms with Gasteiger partial charge in [0, 0.05) is 26.3 Å². The number of carbonyl (C=O) groups is 1. The third-order valence-corrected chi connectivity index (χ3v) is 4.85. The molecule has 0 spiro atoms. The first-order valence-corrected chi connectivity index (χ1v) is 9.79. The van der Waals surface area contributed by atoms with Crippen molar-refractivity contribution in [2.24, 2.45) is 0 Å². The summed E-state index contributed by atoms with van der Waals surface area (Å²) in [5.74, 6) is 0.812. The van der Waals surface area contributed by atoms with Gasteiger partial charge in [-0.25, -0.2) is 9.48 Å². The van der Waals surface area contributed by atoms with Gasteiger partial charge in [0.25, 0.3) is 0 Å². The maximum Gasteiger partial charge on any atom is 0.317 e. The molecule has 3 rings (SSSR count). The number of nitrogens with one attached hydrogen (secondary N) is 1. The third-order valence-electron chi connectivity index (χ3n) is 4.85. The summed E-state index contributed by atoms with van der Waals surface area (Å²) in [6.07, 6.45) is 3.81. The van der Waals surface area contributed by atoms with E-state index in [-0.39, 0.29) is 6.03 Å². The maximum absolute atomic E-state index is 12.3. The van der Waals surface area contributed by atoms with E-state index >= 15 is 0 Å². The molecule has 0 saturated heterocycles. The fraction of sp³-hybridized carbons (Fsp3) is 0.304. The van der Waals surface area contributed by atoms with E-state index in [0.717, 1.165) is 35.5 Å². The molecule has 0 aliphatic heterocycles. The second-order valence-corrected chi connectivity index (χ2v) is 7.06. The summed E-state index contributed by atoms with van der Waals surface area (Å²) in [6, 6.07) is 17.7. The molecule has 0 aliphatic carbocycles. The van der Waals surface area contributed by atoms with Crippen molar-refractivity contribution < 1.29 is 9.53 Å². The Kier molecular flexibility index (Phi) is 6.89. The zero-order valence-electron chi connectivity index (χ0n) is 17.3. The Bertz CT molecular complexity index is 920. The third kappa shape index (κ3) is 5.60. The molecule has 0 fully saturated rings. The van der Waals surface area contributed by atoms with Gasteiger partial charge in [-0.15, -0.1) is 0 Å². The molecule has 0 atom stereocenters. The van der Waals surface area contributed by atoms with E-state index in [1.54, 1.807) is 19.1 Å². The van der Waals surface area contributed by atoms with Crippen molar-refractivity contribution in [1.82, 2.24) is 20.0 Å². The van der Waals surface area contributed by atoms with E-state index in [4.69, 9.17) is 4.74 Å². The van der Waals surface area contributed by atoms with E-state index in [1.165, 1.54) is 5.56 Å². The van der Waals surface area contributed by atoms with Crippen LogP contribution in [0.1, 0.15) is 23.2 Å². The second-order valence-electron chi connectivity index (χ2n) is 7.06. The monoisotopic (exact) mass is 392 g/mol. The lowest BCUT2D eigenvalue weighted by Gasteiger charge is -2.18. The molecule has 1 N–H and O–H groups in total. The van der Waals surface area contributed by atoms with Gasteiger partial charge in [-0.3, -0.25) is 0 Å². The van der Waals surface area contributed by atoms with Crippen molar-refractivity contribution in [2.45, 2.75) is 26.3 Å². The number of rotatable bonds is 8. The normalized spacial score (nSPS) is 10.6. The molecule has 0 aliphatic rings. The zero-order valence-corrected chi connectivity index (χ0v) is 17.3. The Morgan fingerprint density at radius 1 is 1.14 bits per heavy atom. The number of nitrogens with zero attached hydrogens (tertiary/aromatic N) is 3. The Balaban J connectivity index is 1.44. The van der Waals surface area contributed by atoms with E-state index in [0.29, 0.717) is 13.1 Å². The smallest absolute Gasteiger partial charge is 0.317 e. The van der Waals surface area contributed by atoms with Gasteiger partial charge in [-0.05, 0) is 55.2 Å². The number of aryl methyl sites for hydroxylation is 2. The number of para-hydroxylation sites is 1. The lowest BCUT2D eigenvalue weighted by Crippen LogP contribution is -2.37. The molecule has 0 radical (unpaired) electrons. The fourth-order valence-corrected chi connectivity index (χ4v) is 3.14. The quantitative estimate of drug-likeness (QED) is 0.590. The average Bonchev–Trinajstić information content (AvgIpc) is 3.12. The van der Waals surface area contributed by atoms with Crippen LogP contribution < -0.4 is 10.1 Å². The van der Waals surface area contributed by atoms with Crippen molar-refractivity contribution in [1.29, 1.82) is 0 Å². The highest BCUT2D eigenvalue weighted by atomic mass is 16.5. The van der Waals surface area contributed by atoms with Crippen LogP contribution in [-0.2, 0) is 13.0 Å². The first kappa shape index (κ1) is 20.5. The fourth-order valence-electron chi connectivity index (χ4n) is 3.14. The van der Waals surface area contributed by atoms with Crippen molar-refractivity contribution in [2.75, 3.05) is 20.7 Å². The van der Waals surface area contributed by atoms with Crippen LogP contribution in [0.2, 0.25) is 0 Å². The molecule has 6 nitrogen and oxygen atoms in total. The van der Waals surface area contributed by atoms with Crippen LogP contribution in [0.15, 0.2) is 60.8 Å². The molecule has 3 aromatic rings. The molecule has 0 unspecified atom stereocenters.